The smallest absolute Gasteiger partial charge is 0.00139 e. The van der Waals surface area contributed by atoms with Gasteiger partial charge in [-0.3, -0.25) is 0 Å². The largest absolute Gasteiger partial charge is 0.0651 e. The Morgan fingerprint density at radius 1 is 0.657 bits per heavy atom. The first kappa shape index (κ1) is 21.2. The standard InChI is InChI=1S/C35H34/c1-6-22(5)35(7-2)15-14-27-19-21(4)17-25-11-9-23-8-10-24-16-20(3)18-26-12-13-28(35)34-32(26)30(24)29(23)31(25)33(27)34/h8-13,16-19,22H,6-7,14-15H2,1-5H3. The first-order valence-electron chi connectivity index (χ1n) is 13.5. The third-order valence-corrected chi connectivity index (χ3v) is 9.67. The molecular formula is C35H34. The highest BCUT2D eigenvalue weighted by molar-refractivity contribution is 6.40. The Hall–Kier alpha value is -3.12. The number of rotatable bonds is 3. The predicted octanol–water partition coefficient (Wildman–Crippen LogP) is 10.1. The van der Waals surface area contributed by atoms with Crippen LogP contribution in [0, 0.1) is 19.8 Å². The summed E-state index contributed by atoms with van der Waals surface area (Å²) in [5.74, 6) is 0.642. The zero-order chi connectivity index (χ0) is 24.1. The molecule has 35 heavy (non-hydrogen) atoms. The lowest BCUT2D eigenvalue weighted by Gasteiger charge is -2.39. The van der Waals surface area contributed by atoms with Gasteiger partial charge in [-0.05, 0) is 115 Å². The van der Waals surface area contributed by atoms with Crippen molar-refractivity contribution in [3.05, 3.63) is 82.9 Å². The van der Waals surface area contributed by atoms with Crippen LogP contribution >= 0.6 is 0 Å². The van der Waals surface area contributed by atoms with Crippen molar-refractivity contribution in [3.8, 4) is 0 Å². The minimum Gasteiger partial charge on any atom is -0.0651 e. The highest BCUT2D eigenvalue weighted by atomic mass is 14.4. The van der Waals surface area contributed by atoms with Crippen molar-refractivity contribution >= 4 is 53.9 Å². The van der Waals surface area contributed by atoms with E-state index in [4.69, 9.17) is 0 Å². The molecule has 0 aromatic heterocycles. The molecule has 0 spiro atoms. The Labute approximate surface area is 208 Å². The van der Waals surface area contributed by atoms with Crippen LogP contribution in [0.15, 0.2) is 60.7 Å². The second kappa shape index (κ2) is 7.20. The number of aryl methyl sites for hydroxylation is 3. The summed E-state index contributed by atoms with van der Waals surface area (Å²) in [4.78, 5) is 0. The first-order chi connectivity index (χ1) is 17.0. The van der Waals surface area contributed by atoms with Crippen molar-refractivity contribution in [2.75, 3.05) is 0 Å². The summed E-state index contributed by atoms with van der Waals surface area (Å²) >= 11 is 0. The molecule has 0 amide bonds. The van der Waals surface area contributed by atoms with Gasteiger partial charge < -0.3 is 0 Å². The Morgan fingerprint density at radius 3 is 1.80 bits per heavy atom. The Bertz CT molecular complexity index is 1800. The van der Waals surface area contributed by atoms with Crippen molar-refractivity contribution in [2.45, 2.75) is 65.7 Å². The fraction of sp³-hybridized carbons (Fsp3) is 0.314. The second-order valence-corrected chi connectivity index (χ2v) is 11.4. The molecule has 1 aliphatic rings. The second-order valence-electron chi connectivity index (χ2n) is 11.4. The fourth-order valence-electron chi connectivity index (χ4n) is 7.83. The molecule has 0 radical (unpaired) electrons. The van der Waals surface area contributed by atoms with Gasteiger partial charge >= 0.3 is 0 Å². The maximum Gasteiger partial charge on any atom is -0.00139 e. The molecule has 7 rings (SSSR count). The summed E-state index contributed by atoms with van der Waals surface area (Å²) in [6, 6.07) is 24.1. The molecule has 0 bridgehead atoms. The third kappa shape index (κ3) is 2.63. The summed E-state index contributed by atoms with van der Waals surface area (Å²) < 4.78 is 0. The summed E-state index contributed by atoms with van der Waals surface area (Å²) in [5, 5.41) is 14.5. The molecule has 1 aliphatic carbocycles. The van der Waals surface area contributed by atoms with E-state index in [1.54, 1.807) is 16.5 Å². The molecule has 174 valence electrons. The third-order valence-electron chi connectivity index (χ3n) is 9.67. The van der Waals surface area contributed by atoms with Crippen LogP contribution in [0.5, 0.6) is 0 Å². The first-order valence-corrected chi connectivity index (χ1v) is 13.5. The summed E-state index contributed by atoms with van der Waals surface area (Å²) in [5.41, 5.74) is 6.05. The van der Waals surface area contributed by atoms with Crippen molar-refractivity contribution in [1.82, 2.24) is 0 Å². The van der Waals surface area contributed by atoms with Gasteiger partial charge in [-0.2, -0.15) is 0 Å². The van der Waals surface area contributed by atoms with Crippen LogP contribution in [0.2, 0.25) is 0 Å². The van der Waals surface area contributed by atoms with Gasteiger partial charge in [0.1, 0.15) is 0 Å². The summed E-state index contributed by atoms with van der Waals surface area (Å²) in [7, 11) is 0. The SMILES string of the molecule is CCC(C)C1(CC)CCc2cc(C)cc3ccc4ccc5cc(C)cc6ccc1c1c2c3c4c5c61. The molecule has 6 aromatic rings. The zero-order valence-corrected chi connectivity index (χ0v) is 21.7. The number of hydrogen-bond donors (Lipinski definition) is 0. The van der Waals surface area contributed by atoms with Gasteiger partial charge in [0.05, 0.1) is 0 Å². The molecular weight excluding hydrogens is 420 g/mol. The van der Waals surface area contributed by atoms with Crippen LogP contribution in [0.4, 0.5) is 0 Å². The molecule has 0 N–H and O–H groups in total. The van der Waals surface area contributed by atoms with Crippen molar-refractivity contribution in [1.29, 1.82) is 0 Å². The van der Waals surface area contributed by atoms with E-state index in [0.717, 1.165) is 6.42 Å². The Kier molecular flexibility index (Phi) is 4.36. The van der Waals surface area contributed by atoms with E-state index in [-0.39, 0.29) is 5.41 Å². The van der Waals surface area contributed by atoms with Crippen molar-refractivity contribution < 1.29 is 0 Å². The van der Waals surface area contributed by atoms with E-state index in [9.17, 15) is 0 Å². The lowest BCUT2D eigenvalue weighted by molar-refractivity contribution is 0.252. The van der Waals surface area contributed by atoms with E-state index in [1.165, 1.54) is 78.9 Å². The quantitative estimate of drug-likeness (QED) is 0.184. The molecule has 2 atom stereocenters. The van der Waals surface area contributed by atoms with Crippen LogP contribution in [-0.4, -0.2) is 0 Å². The highest BCUT2D eigenvalue weighted by Crippen LogP contribution is 2.53. The van der Waals surface area contributed by atoms with Crippen LogP contribution < -0.4 is 0 Å². The van der Waals surface area contributed by atoms with Gasteiger partial charge in [-0.1, -0.05) is 93.4 Å². The van der Waals surface area contributed by atoms with E-state index >= 15 is 0 Å². The maximum absolute atomic E-state index is 2.52. The van der Waals surface area contributed by atoms with Crippen molar-refractivity contribution in [2.24, 2.45) is 5.92 Å². The van der Waals surface area contributed by atoms with Gasteiger partial charge in [-0.15, -0.1) is 0 Å². The molecule has 0 heteroatoms. The molecule has 2 unspecified atom stereocenters. The zero-order valence-electron chi connectivity index (χ0n) is 21.7. The minimum atomic E-state index is 0.200. The average molecular weight is 455 g/mol. The van der Waals surface area contributed by atoms with E-state index in [0.29, 0.717) is 5.92 Å². The topological polar surface area (TPSA) is 0 Å². The van der Waals surface area contributed by atoms with E-state index in [1.807, 2.05) is 0 Å². The van der Waals surface area contributed by atoms with E-state index in [2.05, 4.69) is 95.3 Å². The van der Waals surface area contributed by atoms with E-state index < -0.39 is 0 Å². The van der Waals surface area contributed by atoms with Gasteiger partial charge in [0.25, 0.3) is 0 Å². The molecule has 0 saturated carbocycles. The molecule has 0 nitrogen and oxygen atoms in total. The minimum absolute atomic E-state index is 0.200. The number of hydrogen-bond acceptors (Lipinski definition) is 0. The Balaban J connectivity index is 1.92. The van der Waals surface area contributed by atoms with Gasteiger partial charge in [0, 0.05) is 0 Å². The number of benzene rings is 4. The summed E-state index contributed by atoms with van der Waals surface area (Å²) in [6.45, 7) is 11.9. The monoisotopic (exact) mass is 454 g/mol. The Morgan fingerprint density at radius 2 is 1.17 bits per heavy atom. The molecule has 0 aliphatic heterocycles. The van der Waals surface area contributed by atoms with Crippen LogP contribution in [0.25, 0.3) is 53.9 Å². The lowest BCUT2D eigenvalue weighted by Crippen LogP contribution is -2.33. The van der Waals surface area contributed by atoms with Crippen molar-refractivity contribution in [3.63, 3.8) is 0 Å². The van der Waals surface area contributed by atoms with Crippen LogP contribution in [0.1, 0.15) is 62.3 Å². The van der Waals surface area contributed by atoms with Gasteiger partial charge in [0.15, 0.2) is 0 Å². The fourth-order valence-corrected chi connectivity index (χ4v) is 7.83. The molecule has 0 saturated heterocycles. The van der Waals surface area contributed by atoms with Gasteiger partial charge in [-0.25, -0.2) is 0 Å². The molecule has 6 aromatic carbocycles. The van der Waals surface area contributed by atoms with Crippen LogP contribution in [0.3, 0.4) is 0 Å². The average Bonchev–Trinajstić information content (AvgIpc) is 3.17. The van der Waals surface area contributed by atoms with Gasteiger partial charge in [0.2, 0.25) is 0 Å². The highest BCUT2D eigenvalue weighted by Gasteiger charge is 2.39. The predicted molar refractivity (Wildman–Crippen MR) is 154 cm³/mol. The molecule has 0 fully saturated rings. The maximum atomic E-state index is 2.52. The summed E-state index contributed by atoms with van der Waals surface area (Å²) in [6.07, 6.45) is 4.78. The normalized spacial score (nSPS) is 19.0. The molecule has 0 heterocycles. The lowest BCUT2D eigenvalue weighted by atomic mass is 9.64. The van der Waals surface area contributed by atoms with Crippen LogP contribution in [-0.2, 0) is 11.8 Å².